The fraction of sp³-hybridized carbons (Fsp3) is 0.111. The Labute approximate surface area is 154 Å². The largest absolute Gasteiger partial charge is 0.364 e. The first-order valence-electron chi connectivity index (χ1n) is 7.95. The third-order valence-electron chi connectivity index (χ3n) is 3.80. The number of aryl methyl sites for hydroxylation is 1. The quantitative estimate of drug-likeness (QED) is 0.593. The van der Waals surface area contributed by atoms with Crippen LogP contribution in [-0.4, -0.2) is 30.1 Å². The molecule has 0 radical (unpaired) electrons. The van der Waals surface area contributed by atoms with Gasteiger partial charge in [-0.15, -0.1) is 0 Å². The van der Waals surface area contributed by atoms with Gasteiger partial charge in [-0.25, -0.2) is 15.0 Å². The molecule has 0 aliphatic rings. The molecule has 4 rings (SSSR count). The summed E-state index contributed by atoms with van der Waals surface area (Å²) in [5.41, 5.74) is 3.96. The second kappa shape index (κ2) is 6.97. The third kappa shape index (κ3) is 3.43. The van der Waals surface area contributed by atoms with E-state index in [-0.39, 0.29) is 0 Å². The first kappa shape index (κ1) is 16.3. The Morgan fingerprint density at radius 3 is 2.65 bits per heavy atom. The standard InChI is InChI=1S/C18H14ClN7/c1-11-2-4-14(26-25-11)9-22-18-15-6-12(7-21-17(15)23-10-24-18)16-5-3-13(19)8-20-16/h2-8,10H,9H2,1H3,(H,21,22,23,24). The van der Waals surface area contributed by atoms with Crippen molar-refractivity contribution < 1.29 is 0 Å². The van der Waals surface area contributed by atoms with Crippen molar-refractivity contribution in [3.05, 3.63) is 65.5 Å². The maximum Gasteiger partial charge on any atom is 0.164 e. The minimum atomic E-state index is 0.503. The molecule has 26 heavy (non-hydrogen) atoms. The van der Waals surface area contributed by atoms with Crippen LogP contribution in [-0.2, 0) is 6.54 Å². The van der Waals surface area contributed by atoms with Crippen molar-refractivity contribution in [2.75, 3.05) is 5.32 Å². The first-order chi connectivity index (χ1) is 12.7. The summed E-state index contributed by atoms with van der Waals surface area (Å²) in [6.07, 6.45) is 4.83. The topological polar surface area (TPSA) is 89.4 Å². The molecule has 0 fully saturated rings. The lowest BCUT2D eigenvalue weighted by Crippen LogP contribution is -2.05. The van der Waals surface area contributed by atoms with Crippen LogP contribution in [0.3, 0.4) is 0 Å². The molecule has 0 spiro atoms. The molecule has 128 valence electrons. The van der Waals surface area contributed by atoms with E-state index in [9.17, 15) is 0 Å². The highest BCUT2D eigenvalue weighted by atomic mass is 35.5. The van der Waals surface area contributed by atoms with E-state index in [1.54, 1.807) is 18.5 Å². The monoisotopic (exact) mass is 363 g/mol. The van der Waals surface area contributed by atoms with Crippen molar-refractivity contribution in [1.29, 1.82) is 0 Å². The zero-order valence-corrected chi connectivity index (χ0v) is 14.6. The molecule has 7 nitrogen and oxygen atoms in total. The summed E-state index contributed by atoms with van der Waals surface area (Å²) in [4.78, 5) is 17.3. The summed E-state index contributed by atoms with van der Waals surface area (Å²) in [6, 6.07) is 9.46. The number of nitrogens with one attached hydrogen (secondary N) is 1. The highest BCUT2D eigenvalue weighted by molar-refractivity contribution is 6.30. The molecule has 0 unspecified atom stereocenters. The van der Waals surface area contributed by atoms with E-state index in [2.05, 4.69) is 35.5 Å². The maximum absolute atomic E-state index is 5.91. The van der Waals surface area contributed by atoms with Crippen molar-refractivity contribution in [2.45, 2.75) is 13.5 Å². The highest BCUT2D eigenvalue weighted by Crippen LogP contribution is 2.25. The van der Waals surface area contributed by atoms with Gasteiger partial charge in [-0.1, -0.05) is 11.6 Å². The molecule has 4 heterocycles. The second-order valence-corrected chi connectivity index (χ2v) is 6.14. The number of hydrogen-bond donors (Lipinski definition) is 1. The average molecular weight is 364 g/mol. The van der Waals surface area contributed by atoms with Gasteiger partial charge < -0.3 is 5.32 Å². The molecule has 8 heteroatoms. The molecular weight excluding hydrogens is 350 g/mol. The van der Waals surface area contributed by atoms with Crippen molar-refractivity contribution >= 4 is 28.5 Å². The molecule has 0 amide bonds. The van der Waals surface area contributed by atoms with Crippen molar-refractivity contribution in [1.82, 2.24) is 30.1 Å². The van der Waals surface area contributed by atoms with Gasteiger partial charge in [0, 0.05) is 18.0 Å². The summed E-state index contributed by atoms with van der Waals surface area (Å²) in [5.74, 6) is 0.681. The summed E-state index contributed by atoms with van der Waals surface area (Å²) >= 11 is 5.91. The van der Waals surface area contributed by atoms with Crippen molar-refractivity contribution in [2.24, 2.45) is 0 Å². The van der Waals surface area contributed by atoms with Crippen LogP contribution >= 0.6 is 11.6 Å². The average Bonchev–Trinajstić information content (AvgIpc) is 2.68. The van der Waals surface area contributed by atoms with Gasteiger partial charge in [0.1, 0.15) is 12.1 Å². The SMILES string of the molecule is Cc1ccc(CNc2ncnc3ncc(-c4ccc(Cl)cn4)cc23)nn1. The molecule has 0 aliphatic heterocycles. The Hall–Kier alpha value is -3.19. The van der Waals surface area contributed by atoms with Crippen LogP contribution in [0.5, 0.6) is 0 Å². The molecule has 0 aliphatic carbocycles. The molecule has 0 aromatic carbocycles. The first-order valence-corrected chi connectivity index (χ1v) is 8.32. The molecular formula is C18H14ClN7. The molecule has 0 bridgehead atoms. The van der Waals surface area contributed by atoms with Gasteiger partial charge in [0.05, 0.1) is 34.0 Å². The van der Waals surface area contributed by atoms with E-state index in [4.69, 9.17) is 11.6 Å². The zero-order chi connectivity index (χ0) is 17.9. The molecule has 0 atom stereocenters. The number of rotatable bonds is 4. The van der Waals surface area contributed by atoms with Crippen LogP contribution in [0.25, 0.3) is 22.3 Å². The number of hydrogen-bond acceptors (Lipinski definition) is 7. The van der Waals surface area contributed by atoms with Crippen LogP contribution in [0.15, 0.2) is 49.1 Å². The van der Waals surface area contributed by atoms with Crippen molar-refractivity contribution in [3.63, 3.8) is 0 Å². The zero-order valence-electron chi connectivity index (χ0n) is 13.9. The van der Waals surface area contributed by atoms with E-state index in [1.807, 2.05) is 31.2 Å². The van der Waals surface area contributed by atoms with Crippen LogP contribution < -0.4 is 5.32 Å². The summed E-state index contributed by atoms with van der Waals surface area (Å²) in [7, 11) is 0. The van der Waals surface area contributed by atoms with Crippen molar-refractivity contribution in [3.8, 4) is 11.3 Å². The summed E-state index contributed by atoms with van der Waals surface area (Å²) in [5, 5.41) is 12.9. The van der Waals surface area contributed by atoms with Gasteiger partial charge in [-0.3, -0.25) is 4.98 Å². The third-order valence-corrected chi connectivity index (χ3v) is 4.03. The van der Waals surface area contributed by atoms with Crippen LogP contribution in [0.2, 0.25) is 5.02 Å². The fourth-order valence-electron chi connectivity index (χ4n) is 2.47. The number of aromatic nitrogens is 6. The smallest absolute Gasteiger partial charge is 0.164 e. The maximum atomic E-state index is 5.91. The second-order valence-electron chi connectivity index (χ2n) is 5.70. The van der Waals surface area contributed by atoms with Crippen LogP contribution in [0, 0.1) is 6.92 Å². The predicted octanol–water partition coefficient (Wildman–Crippen LogP) is 3.45. The number of fused-ring (bicyclic) bond motifs is 1. The van der Waals surface area contributed by atoms with E-state index in [0.29, 0.717) is 23.0 Å². The Kier molecular flexibility index (Phi) is 4.37. The Bertz CT molecular complexity index is 1050. The Morgan fingerprint density at radius 1 is 0.962 bits per heavy atom. The van der Waals surface area contributed by atoms with Gasteiger partial charge in [0.2, 0.25) is 0 Å². The van der Waals surface area contributed by atoms with E-state index in [1.165, 1.54) is 6.33 Å². The van der Waals surface area contributed by atoms with E-state index >= 15 is 0 Å². The van der Waals surface area contributed by atoms with E-state index in [0.717, 1.165) is 28.0 Å². The van der Waals surface area contributed by atoms with Crippen LogP contribution in [0.1, 0.15) is 11.4 Å². The van der Waals surface area contributed by atoms with Gasteiger partial charge in [-0.2, -0.15) is 10.2 Å². The highest BCUT2D eigenvalue weighted by Gasteiger charge is 2.08. The minimum absolute atomic E-state index is 0.503. The lowest BCUT2D eigenvalue weighted by molar-refractivity contribution is 0.895. The summed E-state index contributed by atoms with van der Waals surface area (Å²) < 4.78 is 0. The molecule has 0 saturated heterocycles. The fourth-order valence-corrected chi connectivity index (χ4v) is 2.58. The molecule has 4 aromatic rings. The summed E-state index contributed by atoms with van der Waals surface area (Å²) in [6.45, 7) is 2.41. The minimum Gasteiger partial charge on any atom is -0.364 e. The van der Waals surface area contributed by atoms with E-state index < -0.39 is 0 Å². The normalized spacial score (nSPS) is 10.8. The number of nitrogens with zero attached hydrogens (tertiary/aromatic N) is 6. The van der Waals surface area contributed by atoms with Crippen LogP contribution in [0.4, 0.5) is 5.82 Å². The number of halogens is 1. The van der Waals surface area contributed by atoms with Gasteiger partial charge in [0.25, 0.3) is 0 Å². The number of anilines is 1. The lowest BCUT2D eigenvalue weighted by atomic mass is 10.1. The Morgan fingerprint density at radius 2 is 1.88 bits per heavy atom. The molecule has 1 N–H and O–H groups in total. The molecule has 4 aromatic heterocycles. The number of pyridine rings is 2. The predicted molar refractivity (Wildman–Crippen MR) is 99.7 cm³/mol. The molecule has 0 saturated carbocycles. The Balaban J connectivity index is 1.66. The van der Waals surface area contributed by atoms with Gasteiger partial charge in [-0.05, 0) is 37.3 Å². The van der Waals surface area contributed by atoms with Gasteiger partial charge in [0.15, 0.2) is 5.65 Å². The lowest BCUT2D eigenvalue weighted by Gasteiger charge is -2.09. The van der Waals surface area contributed by atoms with Gasteiger partial charge >= 0.3 is 0 Å².